The van der Waals surface area contributed by atoms with Crippen LogP contribution in [0.25, 0.3) is 10.8 Å². The van der Waals surface area contributed by atoms with Gasteiger partial charge in [0, 0.05) is 12.5 Å². The molecule has 2 aromatic carbocycles. The molecule has 3 aromatic rings. The number of piperidine rings is 1. The fourth-order valence-electron chi connectivity index (χ4n) is 4.02. The van der Waals surface area contributed by atoms with E-state index in [1.807, 2.05) is 11.5 Å². The van der Waals surface area contributed by atoms with Gasteiger partial charge in [-0.15, -0.1) is 24.8 Å². The predicted octanol–water partition coefficient (Wildman–Crippen LogP) is 3.77. The third kappa shape index (κ3) is 4.43. The van der Waals surface area contributed by atoms with Crippen LogP contribution in [0.1, 0.15) is 37.1 Å². The minimum Gasteiger partial charge on any atom is -0.317 e. The number of aromatic nitrogens is 3. The van der Waals surface area contributed by atoms with Gasteiger partial charge in [-0.1, -0.05) is 42.5 Å². The van der Waals surface area contributed by atoms with Gasteiger partial charge in [0.25, 0.3) is 0 Å². The van der Waals surface area contributed by atoms with Crippen molar-refractivity contribution < 1.29 is 0 Å². The van der Waals surface area contributed by atoms with Crippen molar-refractivity contribution in [2.75, 3.05) is 13.1 Å². The lowest BCUT2D eigenvalue weighted by Gasteiger charge is -2.21. The summed E-state index contributed by atoms with van der Waals surface area (Å²) in [6.07, 6.45) is 2.92. The van der Waals surface area contributed by atoms with Gasteiger partial charge in [-0.05, 0) is 55.6 Å². The number of halogens is 2. The van der Waals surface area contributed by atoms with E-state index < -0.39 is 0 Å². The quantitative estimate of drug-likeness (QED) is 0.680. The first-order valence-electron chi connectivity index (χ1n) is 9.63. The maximum absolute atomic E-state index is 12.8. The van der Waals surface area contributed by atoms with Gasteiger partial charge in [-0.2, -0.15) is 5.10 Å². The number of aryl methyl sites for hydroxylation is 2. The minimum atomic E-state index is 0. The second kappa shape index (κ2) is 10.1. The van der Waals surface area contributed by atoms with Gasteiger partial charge in [0.05, 0.1) is 6.54 Å². The second-order valence-corrected chi connectivity index (χ2v) is 7.02. The van der Waals surface area contributed by atoms with Crippen molar-refractivity contribution in [3.05, 3.63) is 64.3 Å². The van der Waals surface area contributed by atoms with E-state index in [1.165, 1.54) is 16.3 Å². The summed E-state index contributed by atoms with van der Waals surface area (Å²) in [6, 6.07) is 14.8. The van der Waals surface area contributed by atoms with Crippen molar-refractivity contribution in [1.82, 2.24) is 19.7 Å². The first kappa shape index (κ1) is 22.5. The molecule has 1 aliphatic rings. The van der Waals surface area contributed by atoms with Crippen LogP contribution in [0.4, 0.5) is 0 Å². The van der Waals surface area contributed by atoms with Crippen LogP contribution in [0.2, 0.25) is 0 Å². The highest BCUT2D eigenvalue weighted by Gasteiger charge is 2.23. The summed E-state index contributed by atoms with van der Waals surface area (Å²) in [7, 11) is 0. The third-order valence-corrected chi connectivity index (χ3v) is 5.44. The van der Waals surface area contributed by atoms with Crippen LogP contribution in [0.3, 0.4) is 0 Å². The molecule has 2 heterocycles. The molecule has 0 bridgehead atoms. The smallest absolute Gasteiger partial charge is 0.317 e. The Kier molecular flexibility index (Phi) is 8.10. The summed E-state index contributed by atoms with van der Waals surface area (Å²) >= 11 is 0. The average Bonchev–Trinajstić information content (AvgIpc) is 3.02. The largest absolute Gasteiger partial charge is 0.345 e. The molecule has 0 radical (unpaired) electrons. The Morgan fingerprint density at radius 3 is 2.54 bits per heavy atom. The molecule has 1 saturated heterocycles. The fourth-order valence-corrected chi connectivity index (χ4v) is 4.02. The van der Waals surface area contributed by atoms with Crippen molar-refractivity contribution in [1.29, 1.82) is 0 Å². The van der Waals surface area contributed by atoms with Crippen molar-refractivity contribution in [2.45, 2.75) is 45.2 Å². The Balaban J connectivity index is 0.00000140. The highest BCUT2D eigenvalue weighted by Crippen LogP contribution is 2.23. The molecule has 0 amide bonds. The monoisotopic (exact) mass is 422 g/mol. The van der Waals surface area contributed by atoms with E-state index in [2.05, 4.69) is 47.8 Å². The number of hydrogen-bond acceptors (Lipinski definition) is 3. The fraction of sp³-hybridized carbons (Fsp3) is 0.429. The number of nitrogens with one attached hydrogen (secondary N) is 1. The third-order valence-electron chi connectivity index (χ3n) is 5.44. The maximum Gasteiger partial charge on any atom is 0.345 e. The van der Waals surface area contributed by atoms with Crippen molar-refractivity contribution in [3.63, 3.8) is 0 Å². The average molecular weight is 423 g/mol. The Labute approximate surface area is 178 Å². The normalized spacial score (nSPS) is 14.5. The first-order chi connectivity index (χ1) is 12.8. The maximum atomic E-state index is 12.8. The van der Waals surface area contributed by atoms with Crippen LogP contribution < -0.4 is 11.0 Å². The van der Waals surface area contributed by atoms with Crippen LogP contribution in [0.15, 0.2) is 47.3 Å². The molecule has 152 valence electrons. The zero-order valence-electron chi connectivity index (χ0n) is 16.1. The van der Waals surface area contributed by atoms with Crippen LogP contribution in [0, 0.1) is 0 Å². The van der Waals surface area contributed by atoms with Crippen LogP contribution >= 0.6 is 24.8 Å². The van der Waals surface area contributed by atoms with Gasteiger partial charge in [0.15, 0.2) is 0 Å². The van der Waals surface area contributed by atoms with Gasteiger partial charge in [0.2, 0.25) is 0 Å². The predicted molar refractivity (Wildman–Crippen MR) is 119 cm³/mol. The molecule has 0 saturated carbocycles. The van der Waals surface area contributed by atoms with Crippen molar-refractivity contribution in [2.24, 2.45) is 0 Å². The molecule has 1 aliphatic heterocycles. The van der Waals surface area contributed by atoms with Gasteiger partial charge < -0.3 is 5.32 Å². The van der Waals surface area contributed by atoms with E-state index >= 15 is 0 Å². The van der Waals surface area contributed by atoms with Crippen LogP contribution in [-0.4, -0.2) is 27.4 Å². The molecule has 0 aliphatic carbocycles. The van der Waals surface area contributed by atoms with E-state index in [1.54, 1.807) is 4.68 Å². The van der Waals surface area contributed by atoms with Gasteiger partial charge in [0.1, 0.15) is 5.82 Å². The van der Waals surface area contributed by atoms with Crippen molar-refractivity contribution in [3.8, 4) is 0 Å². The zero-order valence-corrected chi connectivity index (χ0v) is 17.8. The van der Waals surface area contributed by atoms with E-state index in [0.717, 1.165) is 38.2 Å². The van der Waals surface area contributed by atoms with E-state index in [-0.39, 0.29) is 30.5 Å². The number of rotatable bonds is 5. The standard InChI is InChI=1S/C21H26N4O.2ClH/c1-2-24-20(18-10-13-22-14-11-18)23-25(21(24)26)15-12-17-8-5-7-16-6-3-4-9-19(16)17;;/h3-9,18,22H,2,10-15H2,1H3;2*1H. The Morgan fingerprint density at radius 2 is 1.79 bits per heavy atom. The van der Waals surface area contributed by atoms with Crippen LogP contribution in [-0.2, 0) is 19.5 Å². The Morgan fingerprint density at radius 1 is 1.07 bits per heavy atom. The zero-order chi connectivity index (χ0) is 17.9. The van der Waals surface area contributed by atoms with Gasteiger partial charge in [-0.3, -0.25) is 4.57 Å². The summed E-state index contributed by atoms with van der Waals surface area (Å²) in [4.78, 5) is 12.8. The highest BCUT2D eigenvalue weighted by atomic mass is 35.5. The molecular formula is C21H28Cl2N4O. The molecule has 1 fully saturated rings. The lowest BCUT2D eigenvalue weighted by Crippen LogP contribution is -2.29. The topological polar surface area (TPSA) is 51.9 Å². The van der Waals surface area contributed by atoms with Gasteiger partial charge in [-0.25, -0.2) is 9.48 Å². The first-order valence-corrected chi connectivity index (χ1v) is 9.63. The molecule has 1 aromatic heterocycles. The lowest BCUT2D eigenvalue weighted by atomic mass is 9.97. The van der Waals surface area contributed by atoms with Crippen molar-refractivity contribution >= 4 is 35.6 Å². The number of hydrogen-bond donors (Lipinski definition) is 1. The summed E-state index contributed by atoms with van der Waals surface area (Å²) in [5.74, 6) is 1.36. The highest BCUT2D eigenvalue weighted by molar-refractivity contribution is 5.86. The number of fused-ring (bicyclic) bond motifs is 1. The van der Waals surface area contributed by atoms with E-state index in [0.29, 0.717) is 19.0 Å². The van der Waals surface area contributed by atoms with E-state index in [9.17, 15) is 4.79 Å². The number of nitrogens with zero attached hydrogens (tertiary/aromatic N) is 3. The summed E-state index contributed by atoms with van der Waals surface area (Å²) in [5.41, 5.74) is 1.30. The molecule has 0 atom stereocenters. The molecule has 0 spiro atoms. The molecular weight excluding hydrogens is 395 g/mol. The van der Waals surface area contributed by atoms with Crippen LogP contribution in [0.5, 0.6) is 0 Å². The second-order valence-electron chi connectivity index (χ2n) is 7.02. The summed E-state index contributed by atoms with van der Waals surface area (Å²) in [6.45, 7) is 5.35. The molecule has 28 heavy (non-hydrogen) atoms. The molecule has 0 unspecified atom stereocenters. The van der Waals surface area contributed by atoms with E-state index in [4.69, 9.17) is 5.10 Å². The Bertz CT molecular complexity index is 955. The number of benzene rings is 2. The summed E-state index contributed by atoms with van der Waals surface area (Å²) < 4.78 is 3.53. The lowest BCUT2D eigenvalue weighted by molar-refractivity contribution is 0.429. The van der Waals surface area contributed by atoms with Gasteiger partial charge >= 0.3 is 5.69 Å². The molecule has 5 nitrogen and oxygen atoms in total. The Hall–Kier alpha value is -1.82. The molecule has 1 N–H and O–H groups in total. The SMILES string of the molecule is CCn1c(C2CCNCC2)nn(CCc2cccc3ccccc23)c1=O.Cl.Cl. The molecule has 7 heteroatoms. The summed E-state index contributed by atoms with van der Waals surface area (Å²) in [5, 5.41) is 10.6. The minimum absolute atomic E-state index is 0. The molecule has 4 rings (SSSR count).